The Kier molecular flexibility index (Phi) is 5.09. The maximum absolute atomic E-state index is 13.3. The molecular weight excluding hydrogens is 274 g/mol. The lowest BCUT2D eigenvalue weighted by molar-refractivity contribution is 0.339. The first-order valence-electron chi connectivity index (χ1n) is 6.94. The minimum Gasteiger partial charge on any atom is -0.492 e. The van der Waals surface area contributed by atoms with Crippen molar-refractivity contribution in [2.45, 2.75) is 26.3 Å². The largest absolute Gasteiger partial charge is 0.492 e. The second-order valence-electron chi connectivity index (χ2n) is 4.58. The Balaban J connectivity index is 2.24. The number of hydrogen-bond acceptors (Lipinski definition) is 3. The molecule has 0 aliphatic heterocycles. The van der Waals surface area contributed by atoms with Crippen LogP contribution in [0.1, 0.15) is 32.0 Å². The SMILES string of the molecule is CCOc1cc(F)ccc1NC(CC)c1ccc(F)cn1. The van der Waals surface area contributed by atoms with E-state index >= 15 is 0 Å². The Morgan fingerprint density at radius 3 is 2.52 bits per heavy atom. The molecule has 3 nitrogen and oxygen atoms in total. The van der Waals surface area contributed by atoms with E-state index in [0.29, 0.717) is 18.0 Å². The number of ether oxygens (including phenoxy) is 1. The van der Waals surface area contributed by atoms with E-state index in [1.165, 1.54) is 24.4 Å². The van der Waals surface area contributed by atoms with Crippen LogP contribution < -0.4 is 10.1 Å². The Bertz CT molecular complexity index is 587. The lowest BCUT2D eigenvalue weighted by Crippen LogP contribution is -2.12. The zero-order valence-corrected chi connectivity index (χ0v) is 12.1. The number of nitrogens with zero attached hydrogens (tertiary/aromatic N) is 1. The Morgan fingerprint density at radius 2 is 1.90 bits per heavy atom. The third-order valence-electron chi connectivity index (χ3n) is 3.09. The molecule has 1 unspecified atom stereocenters. The van der Waals surface area contributed by atoms with Crippen LogP contribution in [-0.4, -0.2) is 11.6 Å². The zero-order valence-electron chi connectivity index (χ0n) is 12.1. The second kappa shape index (κ2) is 7.02. The molecule has 1 atom stereocenters. The molecule has 112 valence electrons. The van der Waals surface area contributed by atoms with Crippen molar-refractivity contribution in [1.29, 1.82) is 0 Å². The van der Waals surface area contributed by atoms with E-state index < -0.39 is 0 Å². The highest BCUT2D eigenvalue weighted by molar-refractivity contribution is 5.57. The first-order valence-corrected chi connectivity index (χ1v) is 6.94. The third kappa shape index (κ3) is 3.90. The van der Waals surface area contributed by atoms with Crippen molar-refractivity contribution in [3.05, 3.63) is 53.9 Å². The van der Waals surface area contributed by atoms with Gasteiger partial charge >= 0.3 is 0 Å². The fourth-order valence-corrected chi connectivity index (χ4v) is 2.06. The molecule has 0 radical (unpaired) electrons. The molecule has 1 aromatic carbocycles. The van der Waals surface area contributed by atoms with Crippen LogP contribution in [0.25, 0.3) is 0 Å². The van der Waals surface area contributed by atoms with Gasteiger partial charge in [-0.3, -0.25) is 4.98 Å². The van der Waals surface area contributed by atoms with Gasteiger partial charge in [-0.2, -0.15) is 0 Å². The van der Waals surface area contributed by atoms with Crippen LogP contribution in [0.15, 0.2) is 36.5 Å². The molecule has 2 aromatic rings. The molecule has 1 aromatic heterocycles. The Morgan fingerprint density at radius 1 is 1.14 bits per heavy atom. The first-order chi connectivity index (χ1) is 10.1. The van der Waals surface area contributed by atoms with Crippen LogP contribution in [0.2, 0.25) is 0 Å². The van der Waals surface area contributed by atoms with Crippen LogP contribution in [0.5, 0.6) is 5.75 Å². The van der Waals surface area contributed by atoms with Gasteiger partial charge in [0.1, 0.15) is 17.4 Å². The highest BCUT2D eigenvalue weighted by Gasteiger charge is 2.14. The average molecular weight is 292 g/mol. The van der Waals surface area contributed by atoms with Crippen LogP contribution in [0.4, 0.5) is 14.5 Å². The molecule has 0 bridgehead atoms. The molecule has 1 heterocycles. The number of hydrogen-bond donors (Lipinski definition) is 1. The first kappa shape index (κ1) is 15.2. The second-order valence-corrected chi connectivity index (χ2v) is 4.58. The van der Waals surface area contributed by atoms with Crippen molar-refractivity contribution in [2.75, 3.05) is 11.9 Å². The van der Waals surface area contributed by atoms with Crippen molar-refractivity contribution in [1.82, 2.24) is 4.98 Å². The number of aromatic nitrogens is 1. The van der Waals surface area contributed by atoms with E-state index in [2.05, 4.69) is 10.3 Å². The topological polar surface area (TPSA) is 34.1 Å². The van der Waals surface area contributed by atoms with E-state index in [0.717, 1.165) is 12.1 Å². The van der Waals surface area contributed by atoms with Crippen LogP contribution in [-0.2, 0) is 0 Å². The summed E-state index contributed by atoms with van der Waals surface area (Å²) in [5, 5.41) is 3.27. The van der Waals surface area contributed by atoms with Crippen LogP contribution in [0.3, 0.4) is 0 Å². The van der Waals surface area contributed by atoms with E-state index in [4.69, 9.17) is 4.74 Å². The summed E-state index contributed by atoms with van der Waals surface area (Å²) < 4.78 is 31.7. The molecular formula is C16H18F2N2O. The summed E-state index contributed by atoms with van der Waals surface area (Å²) in [5.41, 5.74) is 1.42. The summed E-state index contributed by atoms with van der Waals surface area (Å²) in [6.45, 7) is 4.28. The van der Waals surface area contributed by atoms with Gasteiger partial charge in [0, 0.05) is 6.07 Å². The smallest absolute Gasteiger partial charge is 0.145 e. The maximum atomic E-state index is 13.3. The molecule has 0 saturated heterocycles. The molecule has 0 amide bonds. The number of nitrogens with one attached hydrogen (secondary N) is 1. The van der Waals surface area contributed by atoms with Gasteiger partial charge in [-0.1, -0.05) is 6.92 Å². The minimum atomic E-state index is -0.370. The van der Waals surface area contributed by atoms with Gasteiger partial charge in [0.25, 0.3) is 0 Å². The van der Waals surface area contributed by atoms with Crippen molar-refractivity contribution < 1.29 is 13.5 Å². The highest BCUT2D eigenvalue weighted by atomic mass is 19.1. The lowest BCUT2D eigenvalue weighted by Gasteiger charge is -2.20. The van der Waals surface area contributed by atoms with Crippen molar-refractivity contribution in [2.24, 2.45) is 0 Å². The van der Waals surface area contributed by atoms with Crippen molar-refractivity contribution in [3.8, 4) is 5.75 Å². The standard InChI is InChI=1S/C16H18F2N2O/c1-3-13(14-7-6-12(18)10-19-14)20-15-8-5-11(17)9-16(15)21-4-2/h5-10,13,20H,3-4H2,1-2H3. The van der Waals surface area contributed by atoms with E-state index in [1.54, 1.807) is 12.1 Å². The molecule has 2 rings (SSSR count). The summed E-state index contributed by atoms with van der Waals surface area (Å²) in [5.74, 6) is -0.264. The minimum absolute atomic E-state index is 0.102. The van der Waals surface area contributed by atoms with Crippen LogP contribution >= 0.6 is 0 Å². The quantitative estimate of drug-likeness (QED) is 0.861. The number of halogens is 2. The van der Waals surface area contributed by atoms with Crippen molar-refractivity contribution in [3.63, 3.8) is 0 Å². The summed E-state index contributed by atoms with van der Waals surface area (Å²) in [6, 6.07) is 7.26. The van der Waals surface area contributed by atoms with Gasteiger partial charge in [0.15, 0.2) is 0 Å². The predicted molar refractivity (Wildman–Crippen MR) is 78.4 cm³/mol. The fourth-order valence-electron chi connectivity index (χ4n) is 2.06. The predicted octanol–water partition coefficient (Wildman–Crippen LogP) is 4.32. The Labute approximate surface area is 123 Å². The highest BCUT2D eigenvalue weighted by Crippen LogP contribution is 2.30. The number of rotatable bonds is 6. The number of pyridine rings is 1. The molecule has 21 heavy (non-hydrogen) atoms. The molecule has 0 spiro atoms. The Hall–Kier alpha value is -2.17. The molecule has 1 N–H and O–H groups in total. The number of anilines is 1. The van der Waals surface area contributed by atoms with Gasteiger partial charge in [0.2, 0.25) is 0 Å². The lowest BCUT2D eigenvalue weighted by atomic mass is 10.1. The molecule has 5 heteroatoms. The van der Waals surface area contributed by atoms with Gasteiger partial charge in [-0.05, 0) is 37.6 Å². The normalized spacial score (nSPS) is 12.0. The average Bonchev–Trinajstić information content (AvgIpc) is 2.48. The summed E-state index contributed by atoms with van der Waals surface area (Å²) >= 11 is 0. The molecule has 0 fully saturated rings. The molecule has 0 aliphatic rings. The van der Waals surface area contributed by atoms with Crippen molar-refractivity contribution >= 4 is 5.69 Å². The maximum Gasteiger partial charge on any atom is 0.145 e. The monoisotopic (exact) mass is 292 g/mol. The summed E-state index contributed by atoms with van der Waals surface area (Å²) in [4.78, 5) is 4.09. The van der Waals surface area contributed by atoms with Gasteiger partial charge in [0.05, 0.1) is 30.2 Å². The van der Waals surface area contributed by atoms with Crippen LogP contribution in [0, 0.1) is 11.6 Å². The van der Waals surface area contributed by atoms with Gasteiger partial charge < -0.3 is 10.1 Å². The fraction of sp³-hybridized carbons (Fsp3) is 0.312. The third-order valence-corrected chi connectivity index (χ3v) is 3.09. The van der Waals surface area contributed by atoms with E-state index in [1.807, 2.05) is 13.8 Å². The zero-order chi connectivity index (χ0) is 15.2. The van der Waals surface area contributed by atoms with Gasteiger partial charge in [-0.15, -0.1) is 0 Å². The molecule has 0 aliphatic carbocycles. The number of benzene rings is 1. The van der Waals surface area contributed by atoms with E-state index in [-0.39, 0.29) is 17.7 Å². The summed E-state index contributed by atoms with van der Waals surface area (Å²) in [6.07, 6.45) is 1.94. The molecule has 0 saturated carbocycles. The van der Waals surface area contributed by atoms with Gasteiger partial charge in [-0.25, -0.2) is 8.78 Å². The van der Waals surface area contributed by atoms with E-state index in [9.17, 15) is 8.78 Å². The summed E-state index contributed by atoms with van der Waals surface area (Å²) in [7, 11) is 0.